The predicted octanol–water partition coefficient (Wildman–Crippen LogP) is 4.16. The number of allylic oxidation sites excluding steroid dienone is 1. The van der Waals surface area contributed by atoms with Crippen molar-refractivity contribution in [2.45, 2.75) is 0 Å². The van der Waals surface area contributed by atoms with Crippen LogP contribution in [-0.2, 0) is 0 Å². The van der Waals surface area contributed by atoms with Crippen LogP contribution in [0.15, 0.2) is 66.7 Å². The van der Waals surface area contributed by atoms with Gasteiger partial charge in [0.2, 0.25) is 0 Å². The lowest BCUT2D eigenvalue weighted by Crippen LogP contribution is -2.06. The van der Waals surface area contributed by atoms with Crippen LogP contribution in [0, 0.1) is 5.41 Å². The second-order valence-electron chi connectivity index (χ2n) is 4.42. The molecule has 0 amide bonds. The lowest BCUT2D eigenvalue weighted by Gasteiger charge is -2.07. The molecule has 3 nitrogen and oxygen atoms in total. The summed E-state index contributed by atoms with van der Waals surface area (Å²) in [5.41, 5.74) is 7.88. The predicted molar refractivity (Wildman–Crippen MR) is 99.9 cm³/mol. The third kappa shape index (κ3) is 5.50. The quantitative estimate of drug-likeness (QED) is 0.356. The number of ketones is 1. The fraction of sp³-hybridized carbons (Fsp3) is 0.0588. The lowest BCUT2D eigenvalue weighted by atomic mass is 10.0. The maximum absolute atomic E-state index is 12.3. The van der Waals surface area contributed by atoms with Crippen molar-refractivity contribution in [2.24, 2.45) is 5.73 Å². The van der Waals surface area contributed by atoms with Gasteiger partial charge in [-0.25, -0.2) is 0 Å². The summed E-state index contributed by atoms with van der Waals surface area (Å²) in [6, 6.07) is 18.8. The van der Waals surface area contributed by atoms with Gasteiger partial charge in [-0.1, -0.05) is 72.4 Å². The second kappa shape index (κ2) is 9.23. The van der Waals surface area contributed by atoms with Crippen LogP contribution in [0.25, 0.3) is 5.57 Å². The van der Waals surface area contributed by atoms with E-state index < -0.39 is 0 Å². The molecule has 0 atom stereocenters. The summed E-state index contributed by atoms with van der Waals surface area (Å²) < 4.78 is 0. The maximum atomic E-state index is 12.3. The first-order valence-electron chi connectivity index (χ1n) is 6.49. The van der Waals surface area contributed by atoms with Gasteiger partial charge in [0, 0.05) is 11.3 Å². The van der Waals surface area contributed by atoms with Crippen molar-refractivity contribution < 1.29 is 4.79 Å². The van der Waals surface area contributed by atoms with Crippen LogP contribution < -0.4 is 5.73 Å². The van der Waals surface area contributed by atoms with Gasteiger partial charge in [0.05, 0.1) is 0 Å². The number of amidine groups is 1. The van der Waals surface area contributed by atoms with Crippen molar-refractivity contribution in [3.05, 3.63) is 77.9 Å². The fourth-order valence-corrected chi connectivity index (χ4v) is 2.42. The van der Waals surface area contributed by atoms with Crippen molar-refractivity contribution in [3.8, 4) is 0 Å². The van der Waals surface area contributed by atoms with Crippen molar-refractivity contribution in [3.63, 3.8) is 0 Å². The minimum atomic E-state index is -0.0430. The Balaban J connectivity index is 0.00000242. The summed E-state index contributed by atoms with van der Waals surface area (Å²) in [7, 11) is 0. The van der Waals surface area contributed by atoms with Gasteiger partial charge in [-0.15, -0.1) is 17.0 Å². The highest BCUT2D eigenvalue weighted by Crippen LogP contribution is 2.20. The van der Waals surface area contributed by atoms with Gasteiger partial charge in [0.15, 0.2) is 11.0 Å². The van der Waals surface area contributed by atoms with Gasteiger partial charge in [-0.2, -0.15) is 0 Å². The molecule has 2 rings (SSSR count). The number of carbonyl (C=O) groups excluding carboxylic acids is 1. The molecule has 3 N–H and O–H groups in total. The van der Waals surface area contributed by atoms with E-state index in [1.54, 1.807) is 18.2 Å². The molecule has 0 saturated carbocycles. The number of hydrogen-bond donors (Lipinski definition) is 2. The van der Waals surface area contributed by atoms with Gasteiger partial charge in [-0.3, -0.25) is 10.2 Å². The Morgan fingerprint density at radius 1 is 1.00 bits per heavy atom. The zero-order valence-corrected chi connectivity index (χ0v) is 14.4. The molecule has 0 aliphatic heterocycles. The number of rotatable bonds is 5. The number of benzene rings is 2. The number of carbonyl (C=O) groups is 1. The van der Waals surface area contributed by atoms with Crippen molar-refractivity contribution in [2.75, 3.05) is 5.75 Å². The van der Waals surface area contributed by atoms with E-state index in [4.69, 9.17) is 11.1 Å². The molecule has 2 aromatic carbocycles. The molecule has 0 bridgehead atoms. The summed E-state index contributed by atoms with van der Waals surface area (Å²) in [5, 5.41) is 7.37. The molecule has 0 aromatic heterocycles. The third-order valence-corrected chi connectivity index (χ3v) is 3.66. The molecular weight excluding hydrogens is 360 g/mol. The van der Waals surface area contributed by atoms with Crippen LogP contribution in [-0.4, -0.2) is 16.7 Å². The number of nitrogens with one attached hydrogen (secondary N) is 1. The minimum Gasteiger partial charge on any atom is -0.379 e. The Morgan fingerprint density at radius 2 is 1.50 bits per heavy atom. The first-order valence-corrected chi connectivity index (χ1v) is 7.47. The highest BCUT2D eigenvalue weighted by atomic mass is 79.9. The van der Waals surface area contributed by atoms with Crippen LogP contribution in [0.1, 0.15) is 15.9 Å². The van der Waals surface area contributed by atoms with Crippen LogP contribution >= 0.6 is 28.7 Å². The average Bonchev–Trinajstić information content (AvgIpc) is 2.52. The molecule has 114 valence electrons. The zero-order chi connectivity index (χ0) is 15.1. The Kier molecular flexibility index (Phi) is 7.63. The summed E-state index contributed by atoms with van der Waals surface area (Å²) >= 11 is 1.21. The van der Waals surface area contributed by atoms with E-state index in [1.807, 2.05) is 48.5 Å². The summed E-state index contributed by atoms with van der Waals surface area (Å²) in [6.07, 6.45) is 1.63. The highest BCUT2D eigenvalue weighted by molar-refractivity contribution is 8.93. The van der Waals surface area contributed by atoms with Crippen molar-refractivity contribution in [1.29, 1.82) is 5.41 Å². The summed E-state index contributed by atoms with van der Waals surface area (Å²) in [4.78, 5) is 12.3. The number of thioether (sulfide) groups is 1. The van der Waals surface area contributed by atoms with Crippen LogP contribution in [0.3, 0.4) is 0 Å². The van der Waals surface area contributed by atoms with E-state index in [0.717, 1.165) is 11.1 Å². The molecule has 0 heterocycles. The molecule has 0 aliphatic carbocycles. The van der Waals surface area contributed by atoms with E-state index in [9.17, 15) is 4.79 Å². The van der Waals surface area contributed by atoms with Crippen molar-refractivity contribution >= 4 is 45.3 Å². The Bertz CT molecular complexity index is 657. The highest BCUT2D eigenvalue weighted by Gasteiger charge is 2.08. The lowest BCUT2D eigenvalue weighted by molar-refractivity contribution is 0.104. The topological polar surface area (TPSA) is 66.9 Å². The summed E-state index contributed by atoms with van der Waals surface area (Å²) in [5.74, 6) is 0.455. The van der Waals surface area contributed by atoms with E-state index >= 15 is 0 Å². The normalized spacial score (nSPS) is 10.6. The van der Waals surface area contributed by atoms with Crippen molar-refractivity contribution in [1.82, 2.24) is 0 Å². The molecule has 0 spiro atoms. The molecule has 0 saturated heterocycles. The molecule has 2 aromatic rings. The molecule has 0 fully saturated rings. The van der Waals surface area contributed by atoms with E-state index in [-0.39, 0.29) is 27.9 Å². The number of halogens is 1. The Hall–Kier alpha value is -1.85. The largest absolute Gasteiger partial charge is 0.379 e. The van der Waals surface area contributed by atoms with Crippen LogP contribution in [0.2, 0.25) is 0 Å². The smallest absolute Gasteiger partial charge is 0.186 e. The fourth-order valence-electron chi connectivity index (χ4n) is 1.86. The maximum Gasteiger partial charge on any atom is 0.186 e. The standard InChI is InChI=1S/C17H16N2OS.BrH/c18-17(19)21-12-15(13-7-3-1-4-8-13)11-16(20)14-9-5-2-6-10-14;/h1-11H,12H2,(H3,18,19);1H. The molecule has 5 heteroatoms. The summed E-state index contributed by atoms with van der Waals surface area (Å²) in [6.45, 7) is 0. The molecular formula is C17H17BrN2OS. The number of hydrogen-bond acceptors (Lipinski definition) is 3. The minimum absolute atomic E-state index is 0. The molecule has 0 unspecified atom stereocenters. The Labute approximate surface area is 144 Å². The average molecular weight is 377 g/mol. The van der Waals surface area contributed by atoms with Crippen LogP contribution in [0.4, 0.5) is 0 Å². The number of nitrogens with two attached hydrogens (primary N) is 1. The Morgan fingerprint density at radius 3 is 2.00 bits per heavy atom. The van der Waals surface area contributed by atoms with Gasteiger partial charge in [0.1, 0.15) is 0 Å². The second-order valence-corrected chi connectivity index (χ2v) is 5.44. The third-order valence-electron chi connectivity index (χ3n) is 2.89. The molecule has 22 heavy (non-hydrogen) atoms. The zero-order valence-electron chi connectivity index (χ0n) is 11.9. The van der Waals surface area contributed by atoms with E-state index in [1.165, 1.54) is 11.8 Å². The van der Waals surface area contributed by atoms with Crippen LogP contribution in [0.5, 0.6) is 0 Å². The van der Waals surface area contributed by atoms with E-state index in [2.05, 4.69) is 0 Å². The molecule has 0 aliphatic rings. The molecule has 0 radical (unpaired) electrons. The monoisotopic (exact) mass is 376 g/mol. The van der Waals surface area contributed by atoms with E-state index in [0.29, 0.717) is 11.3 Å². The van der Waals surface area contributed by atoms with Gasteiger partial charge in [0.25, 0.3) is 0 Å². The van der Waals surface area contributed by atoms with Gasteiger partial charge >= 0.3 is 0 Å². The first-order chi connectivity index (χ1) is 10.2. The van der Waals surface area contributed by atoms with Gasteiger partial charge in [-0.05, 0) is 17.2 Å². The SMILES string of the molecule is Br.N=C(N)SCC(=CC(=O)c1ccccc1)c1ccccc1. The first kappa shape index (κ1) is 18.2. The van der Waals surface area contributed by atoms with Gasteiger partial charge < -0.3 is 5.73 Å².